The van der Waals surface area contributed by atoms with E-state index in [4.69, 9.17) is 9.47 Å². The molecule has 0 aliphatic carbocycles. The van der Waals surface area contributed by atoms with E-state index in [0.29, 0.717) is 13.0 Å². The molecule has 1 rings (SSSR count). The molecule has 1 aromatic rings. The van der Waals surface area contributed by atoms with Crippen molar-refractivity contribution in [1.82, 2.24) is 10.6 Å². The second kappa shape index (κ2) is 10.1. The highest BCUT2D eigenvalue weighted by Crippen LogP contribution is 2.22. The van der Waals surface area contributed by atoms with Gasteiger partial charge in [0, 0.05) is 7.05 Å². The van der Waals surface area contributed by atoms with Crippen molar-refractivity contribution >= 4 is 18.3 Å². The van der Waals surface area contributed by atoms with Gasteiger partial charge in [-0.15, -0.1) is 0 Å². The Labute approximate surface area is 160 Å². The van der Waals surface area contributed by atoms with Crippen molar-refractivity contribution in [3.8, 4) is 0 Å². The van der Waals surface area contributed by atoms with Crippen molar-refractivity contribution in [1.29, 1.82) is 0 Å². The molecule has 150 valence electrons. The van der Waals surface area contributed by atoms with Crippen LogP contribution in [0.15, 0.2) is 30.3 Å². The van der Waals surface area contributed by atoms with E-state index in [9.17, 15) is 14.4 Å². The first kappa shape index (κ1) is 22.6. The van der Waals surface area contributed by atoms with Gasteiger partial charge in [-0.3, -0.25) is 14.4 Å². The van der Waals surface area contributed by atoms with Gasteiger partial charge in [-0.25, -0.2) is 0 Å². The van der Waals surface area contributed by atoms with Gasteiger partial charge >= 0.3 is 5.97 Å². The fraction of sp³-hybridized carbons (Fsp3) is 0.550. The van der Waals surface area contributed by atoms with Crippen molar-refractivity contribution in [2.45, 2.75) is 51.9 Å². The van der Waals surface area contributed by atoms with Gasteiger partial charge in [0.25, 0.3) is 0 Å². The van der Waals surface area contributed by atoms with Gasteiger partial charge in [0.2, 0.25) is 12.3 Å². The third-order valence-corrected chi connectivity index (χ3v) is 3.93. The van der Waals surface area contributed by atoms with Gasteiger partial charge in [-0.1, -0.05) is 30.3 Å². The number of amides is 2. The second-order valence-electron chi connectivity index (χ2n) is 7.61. The number of ether oxygens (including phenoxy) is 2. The molecule has 2 unspecified atom stereocenters. The Bertz CT molecular complexity index is 627. The SMILES string of the molecule is CNC(=O)C(C)(CC(COCc1ccccc1)C(=O)OC(C)(C)C)NC=O. The van der Waals surface area contributed by atoms with Gasteiger partial charge in [-0.05, 0) is 39.7 Å². The normalized spacial score (nSPS) is 14.6. The number of carbonyl (C=O) groups excluding carboxylic acids is 3. The van der Waals surface area contributed by atoms with E-state index in [1.54, 1.807) is 27.7 Å². The van der Waals surface area contributed by atoms with Gasteiger partial charge < -0.3 is 20.1 Å². The van der Waals surface area contributed by atoms with E-state index in [2.05, 4.69) is 10.6 Å². The molecule has 27 heavy (non-hydrogen) atoms. The first-order chi connectivity index (χ1) is 12.6. The molecule has 2 N–H and O–H groups in total. The topological polar surface area (TPSA) is 93.7 Å². The lowest BCUT2D eigenvalue weighted by molar-refractivity contribution is -0.163. The number of hydrogen-bond acceptors (Lipinski definition) is 5. The zero-order valence-corrected chi connectivity index (χ0v) is 16.7. The minimum Gasteiger partial charge on any atom is -0.460 e. The summed E-state index contributed by atoms with van der Waals surface area (Å²) in [5, 5.41) is 5.02. The minimum absolute atomic E-state index is 0.0507. The van der Waals surface area contributed by atoms with Crippen LogP contribution >= 0.6 is 0 Å². The summed E-state index contributed by atoms with van der Waals surface area (Å²) in [6, 6.07) is 9.56. The Hall–Kier alpha value is -2.41. The Kier molecular flexibility index (Phi) is 8.43. The van der Waals surface area contributed by atoms with Crippen molar-refractivity contribution < 1.29 is 23.9 Å². The second-order valence-corrected chi connectivity index (χ2v) is 7.61. The molecule has 0 saturated carbocycles. The van der Waals surface area contributed by atoms with Gasteiger partial charge in [0.05, 0.1) is 19.1 Å². The van der Waals surface area contributed by atoms with Crippen LogP contribution in [0, 0.1) is 5.92 Å². The van der Waals surface area contributed by atoms with E-state index >= 15 is 0 Å². The number of likely N-dealkylation sites (N-methyl/N-ethyl adjacent to an activating group) is 1. The van der Waals surface area contributed by atoms with Crippen molar-refractivity contribution in [2.24, 2.45) is 5.92 Å². The molecule has 0 heterocycles. The van der Waals surface area contributed by atoms with E-state index in [0.717, 1.165) is 5.56 Å². The molecular weight excluding hydrogens is 348 g/mol. The number of rotatable bonds is 10. The molecule has 0 aliphatic rings. The fourth-order valence-corrected chi connectivity index (χ4v) is 2.60. The van der Waals surface area contributed by atoms with E-state index in [1.807, 2.05) is 30.3 Å². The molecule has 0 fully saturated rings. The molecule has 0 bridgehead atoms. The molecule has 2 amide bonds. The molecule has 1 aromatic carbocycles. The van der Waals surface area contributed by atoms with Crippen LogP contribution in [0.1, 0.15) is 39.7 Å². The average Bonchev–Trinajstić information content (AvgIpc) is 2.59. The van der Waals surface area contributed by atoms with Crippen LogP contribution in [-0.2, 0) is 30.5 Å². The summed E-state index contributed by atoms with van der Waals surface area (Å²) in [5.74, 6) is -1.59. The van der Waals surface area contributed by atoms with Crippen molar-refractivity contribution in [3.05, 3.63) is 35.9 Å². The Morgan fingerprint density at radius 2 is 1.78 bits per heavy atom. The smallest absolute Gasteiger partial charge is 0.311 e. The molecule has 0 radical (unpaired) electrons. The van der Waals surface area contributed by atoms with Crippen molar-refractivity contribution in [2.75, 3.05) is 13.7 Å². The third kappa shape index (κ3) is 7.78. The zero-order chi connectivity index (χ0) is 20.5. The molecule has 0 saturated heterocycles. The number of nitrogens with one attached hydrogen (secondary N) is 2. The lowest BCUT2D eigenvalue weighted by Gasteiger charge is -2.31. The molecule has 0 spiro atoms. The maximum Gasteiger partial charge on any atom is 0.311 e. The maximum atomic E-state index is 12.6. The van der Waals surface area contributed by atoms with E-state index in [-0.39, 0.29) is 13.0 Å². The Morgan fingerprint density at radius 3 is 2.30 bits per heavy atom. The van der Waals surface area contributed by atoms with Crippen LogP contribution in [0.4, 0.5) is 0 Å². The van der Waals surface area contributed by atoms with E-state index < -0.39 is 28.9 Å². The summed E-state index contributed by atoms with van der Waals surface area (Å²) >= 11 is 0. The summed E-state index contributed by atoms with van der Waals surface area (Å²) in [6.07, 6.45) is 0.501. The molecule has 0 aliphatic heterocycles. The van der Waals surface area contributed by atoms with Crippen LogP contribution in [0.25, 0.3) is 0 Å². The third-order valence-electron chi connectivity index (χ3n) is 3.93. The Balaban J connectivity index is 2.89. The van der Waals surface area contributed by atoms with Gasteiger partial charge in [-0.2, -0.15) is 0 Å². The van der Waals surface area contributed by atoms with Gasteiger partial charge in [0.15, 0.2) is 0 Å². The standard InChI is InChI=1S/C20H30N2O5/c1-19(2,3)27-17(24)16(11-20(4,22-14-23)18(25)21-5)13-26-12-15-9-7-6-8-10-15/h6-10,14,16H,11-13H2,1-5H3,(H,21,25)(H,22,23). The molecule has 7 nitrogen and oxygen atoms in total. The lowest BCUT2D eigenvalue weighted by atomic mass is 9.88. The number of benzene rings is 1. The lowest BCUT2D eigenvalue weighted by Crippen LogP contribution is -2.55. The monoisotopic (exact) mass is 378 g/mol. The summed E-state index contributed by atoms with van der Waals surface area (Å²) in [7, 11) is 1.47. The zero-order valence-electron chi connectivity index (χ0n) is 16.7. The first-order valence-electron chi connectivity index (χ1n) is 8.89. The molecule has 7 heteroatoms. The number of carbonyl (C=O) groups is 3. The van der Waals surface area contributed by atoms with Crippen LogP contribution in [-0.4, -0.2) is 43.1 Å². The summed E-state index contributed by atoms with van der Waals surface area (Å²) in [6.45, 7) is 7.28. The van der Waals surface area contributed by atoms with Gasteiger partial charge in [0.1, 0.15) is 11.1 Å². The van der Waals surface area contributed by atoms with E-state index in [1.165, 1.54) is 7.05 Å². The average molecular weight is 378 g/mol. The van der Waals surface area contributed by atoms with Crippen molar-refractivity contribution in [3.63, 3.8) is 0 Å². The largest absolute Gasteiger partial charge is 0.460 e. The highest BCUT2D eigenvalue weighted by Gasteiger charge is 2.38. The summed E-state index contributed by atoms with van der Waals surface area (Å²) in [5.41, 5.74) is -0.953. The van der Waals surface area contributed by atoms with Crippen LogP contribution in [0.2, 0.25) is 0 Å². The highest BCUT2D eigenvalue weighted by atomic mass is 16.6. The predicted molar refractivity (Wildman–Crippen MR) is 102 cm³/mol. The summed E-state index contributed by atoms with van der Waals surface area (Å²) < 4.78 is 11.2. The molecular formula is C20H30N2O5. The summed E-state index contributed by atoms with van der Waals surface area (Å²) in [4.78, 5) is 35.9. The quantitative estimate of drug-likeness (QED) is 0.478. The maximum absolute atomic E-state index is 12.6. The number of hydrogen-bond donors (Lipinski definition) is 2. The number of esters is 1. The molecule has 0 aromatic heterocycles. The highest BCUT2D eigenvalue weighted by molar-refractivity contribution is 5.88. The van der Waals surface area contributed by atoms with Crippen LogP contribution in [0.5, 0.6) is 0 Å². The van der Waals surface area contributed by atoms with Crippen LogP contribution < -0.4 is 10.6 Å². The minimum atomic E-state index is -1.26. The first-order valence-corrected chi connectivity index (χ1v) is 8.89. The molecule has 2 atom stereocenters. The Morgan fingerprint density at radius 1 is 1.15 bits per heavy atom. The fourth-order valence-electron chi connectivity index (χ4n) is 2.60. The predicted octanol–water partition coefficient (Wildman–Crippen LogP) is 1.80. The van der Waals surface area contributed by atoms with Crippen LogP contribution in [0.3, 0.4) is 0 Å².